The molecule has 0 aromatic heterocycles. The minimum absolute atomic E-state index is 0.644. The van der Waals surface area contributed by atoms with Gasteiger partial charge in [0.2, 0.25) is 0 Å². The van der Waals surface area contributed by atoms with Crippen LogP contribution in [0.3, 0.4) is 0 Å². The third-order valence-corrected chi connectivity index (χ3v) is 4.45. The topological polar surface area (TPSA) is 62.9 Å². The molecule has 14 heavy (non-hydrogen) atoms. The van der Waals surface area contributed by atoms with Crippen molar-refractivity contribution < 1.29 is 17.7 Å². The highest BCUT2D eigenvalue weighted by molar-refractivity contribution is 6.60. The molecule has 0 aliphatic carbocycles. The molecule has 0 unspecified atom stereocenters. The summed E-state index contributed by atoms with van der Waals surface area (Å²) >= 11 is 0. The molecule has 0 atom stereocenters. The maximum absolute atomic E-state index is 5.36. The fourth-order valence-electron chi connectivity index (χ4n) is 0.875. The van der Waals surface area contributed by atoms with Crippen LogP contribution < -0.4 is 5.73 Å². The van der Waals surface area contributed by atoms with Gasteiger partial charge in [-0.25, -0.2) is 0 Å². The van der Waals surface area contributed by atoms with E-state index in [4.69, 9.17) is 19.0 Å². The molecular formula is C7H23NO4Si2. The molecule has 0 amide bonds. The van der Waals surface area contributed by atoms with Crippen molar-refractivity contribution in [3.63, 3.8) is 0 Å². The van der Waals surface area contributed by atoms with E-state index in [9.17, 15) is 0 Å². The van der Waals surface area contributed by atoms with Gasteiger partial charge in [0.05, 0.1) is 0 Å². The van der Waals surface area contributed by atoms with E-state index >= 15 is 0 Å². The summed E-state index contributed by atoms with van der Waals surface area (Å²) in [5.74, 6) is 0. The molecule has 0 spiro atoms. The molecule has 0 saturated carbocycles. The van der Waals surface area contributed by atoms with Crippen molar-refractivity contribution >= 4 is 19.3 Å². The van der Waals surface area contributed by atoms with E-state index in [0.29, 0.717) is 6.54 Å². The summed E-state index contributed by atoms with van der Waals surface area (Å²) in [6.07, 6.45) is 0.877. The first kappa shape index (κ1) is 16.7. The molecule has 0 radical (unpaired) electrons. The van der Waals surface area contributed by atoms with E-state index in [-0.39, 0.29) is 0 Å². The standard InChI is InChI=1S/C6H17NO3Si.CH6OSi/c1-8-11(9-2,10-3)6-4-5-7;1-2-3/h4-7H2,1-3H3;1,3H3. The highest BCUT2D eigenvalue weighted by Crippen LogP contribution is 2.13. The molecule has 0 aromatic rings. The van der Waals surface area contributed by atoms with Crippen LogP contribution >= 0.6 is 0 Å². The van der Waals surface area contributed by atoms with Gasteiger partial charge in [-0.2, -0.15) is 0 Å². The van der Waals surface area contributed by atoms with Crippen LogP contribution in [0.4, 0.5) is 0 Å². The van der Waals surface area contributed by atoms with Gasteiger partial charge in [-0.15, -0.1) is 0 Å². The Morgan fingerprint density at radius 2 is 1.43 bits per heavy atom. The van der Waals surface area contributed by atoms with Gasteiger partial charge in [-0.1, -0.05) is 0 Å². The molecule has 0 fully saturated rings. The van der Waals surface area contributed by atoms with Crippen LogP contribution in [-0.4, -0.2) is 54.3 Å². The zero-order valence-electron chi connectivity index (χ0n) is 9.83. The fourth-order valence-corrected chi connectivity index (χ4v) is 2.62. The predicted octanol–water partition coefficient (Wildman–Crippen LogP) is -0.873. The van der Waals surface area contributed by atoms with E-state index in [1.54, 1.807) is 28.4 Å². The third kappa shape index (κ3) is 7.62. The second kappa shape index (κ2) is 11.3. The lowest BCUT2D eigenvalue weighted by Crippen LogP contribution is -2.42. The van der Waals surface area contributed by atoms with Crippen molar-refractivity contribution in [1.82, 2.24) is 0 Å². The van der Waals surface area contributed by atoms with E-state index in [1.807, 2.05) is 0 Å². The van der Waals surface area contributed by atoms with Crippen molar-refractivity contribution in [3.05, 3.63) is 0 Å². The van der Waals surface area contributed by atoms with E-state index in [1.165, 1.54) is 0 Å². The molecule has 5 nitrogen and oxygen atoms in total. The van der Waals surface area contributed by atoms with Crippen molar-refractivity contribution in [2.45, 2.75) is 12.5 Å². The maximum Gasteiger partial charge on any atom is 0.500 e. The first-order valence-electron chi connectivity index (χ1n) is 4.42. The summed E-state index contributed by atoms with van der Waals surface area (Å²) in [6.45, 7) is 0.644. The summed E-state index contributed by atoms with van der Waals surface area (Å²) in [4.78, 5) is 0. The smallest absolute Gasteiger partial charge is 0.431 e. The van der Waals surface area contributed by atoms with Gasteiger partial charge in [-0.3, -0.25) is 0 Å². The van der Waals surface area contributed by atoms with Crippen LogP contribution in [0, 0.1) is 0 Å². The molecule has 0 rings (SSSR count). The molecule has 7 heteroatoms. The van der Waals surface area contributed by atoms with E-state index < -0.39 is 8.80 Å². The quantitative estimate of drug-likeness (QED) is 0.612. The Hall–Kier alpha value is 0.234. The minimum Gasteiger partial charge on any atom is -0.431 e. The molecular weight excluding hydrogens is 218 g/mol. The second-order valence-corrected chi connectivity index (χ2v) is 6.50. The van der Waals surface area contributed by atoms with Gasteiger partial charge in [0, 0.05) is 34.5 Å². The molecule has 88 valence electrons. The van der Waals surface area contributed by atoms with Crippen molar-refractivity contribution in [3.8, 4) is 0 Å². The monoisotopic (exact) mass is 241 g/mol. The SMILES string of the molecule is CO[SiH3].CO[Si](CCCN)(OC)OC. The zero-order valence-corrected chi connectivity index (χ0v) is 12.8. The Morgan fingerprint density at radius 3 is 1.64 bits per heavy atom. The zero-order chi connectivity index (χ0) is 11.4. The van der Waals surface area contributed by atoms with Gasteiger partial charge in [0.1, 0.15) is 10.5 Å². The summed E-state index contributed by atoms with van der Waals surface area (Å²) in [5, 5.41) is 0. The molecule has 0 aliphatic rings. The van der Waals surface area contributed by atoms with Crippen LogP contribution in [-0.2, 0) is 17.7 Å². The average molecular weight is 241 g/mol. The fraction of sp³-hybridized carbons (Fsp3) is 1.00. The van der Waals surface area contributed by atoms with Gasteiger partial charge in [0.25, 0.3) is 0 Å². The van der Waals surface area contributed by atoms with E-state index in [2.05, 4.69) is 4.43 Å². The van der Waals surface area contributed by atoms with Gasteiger partial charge in [-0.05, 0) is 13.0 Å². The normalized spacial score (nSPS) is 10.9. The maximum atomic E-state index is 5.36. The van der Waals surface area contributed by atoms with Gasteiger partial charge < -0.3 is 23.4 Å². The van der Waals surface area contributed by atoms with Crippen LogP contribution in [0.25, 0.3) is 0 Å². The highest BCUT2D eigenvalue weighted by Gasteiger charge is 2.36. The van der Waals surface area contributed by atoms with Gasteiger partial charge in [0.15, 0.2) is 0 Å². The van der Waals surface area contributed by atoms with Crippen LogP contribution in [0.5, 0.6) is 0 Å². The molecule has 0 heterocycles. The third-order valence-electron chi connectivity index (χ3n) is 1.62. The number of hydrogen-bond acceptors (Lipinski definition) is 5. The molecule has 0 bridgehead atoms. The van der Waals surface area contributed by atoms with Crippen LogP contribution in [0.1, 0.15) is 6.42 Å². The summed E-state index contributed by atoms with van der Waals surface area (Å²) in [6, 6.07) is 0.785. The number of nitrogens with two attached hydrogens (primary N) is 1. The van der Waals surface area contributed by atoms with Gasteiger partial charge >= 0.3 is 8.80 Å². The molecule has 0 aliphatic heterocycles. The van der Waals surface area contributed by atoms with Crippen molar-refractivity contribution in [1.29, 1.82) is 0 Å². The molecule has 0 saturated heterocycles. The summed E-state index contributed by atoms with van der Waals surface area (Å²) in [5.41, 5.74) is 5.36. The Kier molecular flexibility index (Phi) is 13.5. The molecule has 0 aromatic carbocycles. The van der Waals surface area contributed by atoms with Crippen LogP contribution in [0.2, 0.25) is 6.04 Å². The summed E-state index contributed by atoms with van der Waals surface area (Å²) in [7, 11) is 5.06. The van der Waals surface area contributed by atoms with Crippen molar-refractivity contribution in [2.75, 3.05) is 35.0 Å². The lowest BCUT2D eigenvalue weighted by molar-refractivity contribution is 0.123. The Balaban J connectivity index is 0. The highest BCUT2D eigenvalue weighted by atomic mass is 28.4. The lowest BCUT2D eigenvalue weighted by atomic mass is 10.5. The average Bonchev–Trinajstić information content (AvgIpc) is 2.22. The van der Waals surface area contributed by atoms with Crippen LogP contribution in [0.15, 0.2) is 0 Å². The minimum atomic E-state index is -2.32. The Labute approximate surface area is 90.8 Å². The second-order valence-electron chi connectivity index (χ2n) is 2.60. The molecule has 2 N–H and O–H groups in total. The number of rotatable bonds is 6. The number of hydrogen-bond donors (Lipinski definition) is 1. The van der Waals surface area contributed by atoms with E-state index in [0.717, 1.165) is 23.0 Å². The Morgan fingerprint density at radius 1 is 1.07 bits per heavy atom. The largest absolute Gasteiger partial charge is 0.500 e. The Bertz CT molecular complexity index is 106. The first-order chi connectivity index (χ1) is 6.66. The predicted molar refractivity (Wildman–Crippen MR) is 62.2 cm³/mol. The first-order valence-corrected chi connectivity index (χ1v) is 7.16. The lowest BCUT2D eigenvalue weighted by Gasteiger charge is -2.23. The summed E-state index contributed by atoms with van der Waals surface area (Å²) < 4.78 is 19.9. The van der Waals surface area contributed by atoms with Crippen molar-refractivity contribution in [2.24, 2.45) is 5.73 Å².